The zero-order valence-corrected chi connectivity index (χ0v) is 20.2. The normalized spacial score (nSPS) is 13.1. The van der Waals surface area contributed by atoms with Crippen molar-refractivity contribution >= 4 is 21.6 Å². The zero-order chi connectivity index (χ0) is 23.9. The first-order valence-electron chi connectivity index (χ1n) is 10.5. The van der Waals surface area contributed by atoms with Crippen molar-refractivity contribution in [3.05, 3.63) is 48.0 Å². The van der Waals surface area contributed by atoms with Crippen molar-refractivity contribution < 1.29 is 27.4 Å². The van der Waals surface area contributed by atoms with Crippen LogP contribution >= 0.6 is 0 Å². The van der Waals surface area contributed by atoms with Gasteiger partial charge in [-0.15, -0.1) is 0 Å². The third kappa shape index (κ3) is 6.78. The van der Waals surface area contributed by atoms with Crippen molar-refractivity contribution in [3.8, 4) is 17.2 Å². The summed E-state index contributed by atoms with van der Waals surface area (Å²) < 4.78 is 41.4. The molecule has 0 saturated heterocycles. The molecule has 1 amide bonds. The largest absolute Gasteiger partial charge is 0.490 e. The summed E-state index contributed by atoms with van der Waals surface area (Å²) in [5.41, 5.74) is 1.39. The van der Waals surface area contributed by atoms with Crippen molar-refractivity contribution in [2.45, 2.75) is 39.8 Å². The van der Waals surface area contributed by atoms with Gasteiger partial charge in [0.05, 0.1) is 31.2 Å². The van der Waals surface area contributed by atoms with Gasteiger partial charge in [0.1, 0.15) is 5.75 Å². The third-order valence-electron chi connectivity index (χ3n) is 4.81. The fourth-order valence-corrected chi connectivity index (χ4v) is 3.44. The van der Waals surface area contributed by atoms with Crippen LogP contribution < -0.4 is 23.8 Å². The Morgan fingerprint density at radius 3 is 2.16 bits per heavy atom. The molecule has 0 heterocycles. The molecular weight excluding hydrogens is 432 g/mol. The van der Waals surface area contributed by atoms with Crippen LogP contribution in [0.25, 0.3) is 0 Å². The molecule has 8 nitrogen and oxygen atoms in total. The number of carbonyl (C=O) groups is 1. The van der Waals surface area contributed by atoms with E-state index in [9.17, 15) is 13.2 Å². The monoisotopic (exact) mass is 464 g/mol. The van der Waals surface area contributed by atoms with Gasteiger partial charge < -0.3 is 19.5 Å². The van der Waals surface area contributed by atoms with Gasteiger partial charge in [-0.25, -0.2) is 8.42 Å². The number of benzene rings is 2. The summed E-state index contributed by atoms with van der Waals surface area (Å²) in [4.78, 5) is 12.6. The molecule has 176 valence electrons. The van der Waals surface area contributed by atoms with E-state index in [-0.39, 0.29) is 11.9 Å². The molecule has 1 N–H and O–H groups in total. The standard InChI is InChI=1S/C23H32N2O6S/c1-7-29-21-14-9-18(15-22(21)30-8-2)16(3)24-23(26)17(4)31-20-12-10-19(11-13-20)25(5)32(6,27)28/h9-17H,7-8H2,1-6H3,(H,24,26)/t16-,17-/m1/s1. The molecule has 2 aromatic rings. The molecule has 0 aliphatic carbocycles. The molecule has 9 heteroatoms. The number of rotatable bonds is 11. The second-order valence-electron chi connectivity index (χ2n) is 7.29. The highest BCUT2D eigenvalue weighted by atomic mass is 32.2. The number of nitrogens with zero attached hydrogens (tertiary/aromatic N) is 1. The topological polar surface area (TPSA) is 94.2 Å². The predicted octanol–water partition coefficient (Wildman–Crippen LogP) is 3.52. The maximum absolute atomic E-state index is 12.6. The summed E-state index contributed by atoms with van der Waals surface area (Å²) in [7, 11) is -1.87. The maximum Gasteiger partial charge on any atom is 0.261 e. The van der Waals surface area contributed by atoms with Gasteiger partial charge >= 0.3 is 0 Å². The molecule has 2 rings (SSSR count). The van der Waals surface area contributed by atoms with Crippen molar-refractivity contribution in [1.29, 1.82) is 0 Å². The lowest BCUT2D eigenvalue weighted by Gasteiger charge is -2.21. The van der Waals surface area contributed by atoms with Crippen LogP contribution in [0.4, 0.5) is 5.69 Å². The molecule has 2 aromatic carbocycles. The lowest BCUT2D eigenvalue weighted by Crippen LogP contribution is -2.37. The molecular formula is C23H32N2O6S. The van der Waals surface area contributed by atoms with E-state index in [1.807, 2.05) is 39.0 Å². The Bertz CT molecular complexity index is 1010. The number of ether oxygens (including phenoxy) is 3. The van der Waals surface area contributed by atoms with Gasteiger partial charge in [-0.05, 0) is 69.7 Å². The summed E-state index contributed by atoms with van der Waals surface area (Å²) in [6.45, 7) is 8.39. The van der Waals surface area contributed by atoms with Crippen LogP contribution in [0.5, 0.6) is 17.2 Å². The van der Waals surface area contributed by atoms with Crippen molar-refractivity contribution in [1.82, 2.24) is 5.32 Å². The molecule has 2 atom stereocenters. The molecule has 0 unspecified atom stereocenters. The van der Waals surface area contributed by atoms with E-state index in [0.717, 1.165) is 11.8 Å². The molecule has 0 aliphatic heterocycles. The highest BCUT2D eigenvalue weighted by Crippen LogP contribution is 2.31. The Morgan fingerprint density at radius 1 is 1.00 bits per heavy atom. The summed E-state index contributed by atoms with van der Waals surface area (Å²) in [5, 5.41) is 2.94. The summed E-state index contributed by atoms with van der Waals surface area (Å²) >= 11 is 0. The SMILES string of the molecule is CCOc1ccc([C@@H](C)NC(=O)[C@@H](C)Oc2ccc(N(C)S(C)(=O)=O)cc2)cc1OCC. The number of anilines is 1. The average Bonchev–Trinajstić information content (AvgIpc) is 2.74. The summed E-state index contributed by atoms with van der Waals surface area (Å²) in [6, 6.07) is 11.8. The first-order chi connectivity index (χ1) is 15.1. The van der Waals surface area contributed by atoms with E-state index in [1.54, 1.807) is 31.2 Å². The Morgan fingerprint density at radius 2 is 1.59 bits per heavy atom. The van der Waals surface area contributed by atoms with Crippen LogP contribution in [0.3, 0.4) is 0 Å². The zero-order valence-electron chi connectivity index (χ0n) is 19.4. The minimum absolute atomic E-state index is 0.269. The van der Waals surface area contributed by atoms with E-state index < -0.39 is 16.1 Å². The fraction of sp³-hybridized carbons (Fsp3) is 0.435. The number of nitrogens with one attached hydrogen (secondary N) is 1. The molecule has 0 saturated carbocycles. The Hall–Kier alpha value is -2.94. The lowest BCUT2D eigenvalue weighted by atomic mass is 10.1. The van der Waals surface area contributed by atoms with Gasteiger partial charge in [-0.3, -0.25) is 9.10 Å². The Labute approximate surface area is 190 Å². The first kappa shape index (κ1) is 25.3. The summed E-state index contributed by atoms with van der Waals surface area (Å²) in [6.07, 6.45) is 0.386. The highest BCUT2D eigenvalue weighted by Gasteiger charge is 2.19. The quantitative estimate of drug-likeness (QED) is 0.547. The number of sulfonamides is 1. The minimum Gasteiger partial charge on any atom is -0.490 e. The fourth-order valence-electron chi connectivity index (χ4n) is 2.93. The molecule has 0 bridgehead atoms. The molecule has 0 spiro atoms. The number of hydrogen-bond donors (Lipinski definition) is 1. The smallest absolute Gasteiger partial charge is 0.261 e. The van der Waals surface area contributed by atoms with Gasteiger partial charge in [0.2, 0.25) is 10.0 Å². The Kier molecular flexibility index (Phi) is 8.77. The van der Waals surface area contributed by atoms with Gasteiger partial charge in [0.25, 0.3) is 5.91 Å². The van der Waals surface area contributed by atoms with E-state index in [0.29, 0.717) is 36.1 Å². The van der Waals surface area contributed by atoms with Gasteiger partial charge in [-0.2, -0.15) is 0 Å². The number of hydrogen-bond acceptors (Lipinski definition) is 6. The summed E-state index contributed by atoms with van der Waals surface area (Å²) in [5.74, 6) is 1.49. The first-order valence-corrected chi connectivity index (χ1v) is 12.3. The van der Waals surface area contributed by atoms with Crippen LogP contribution in [-0.4, -0.2) is 46.9 Å². The lowest BCUT2D eigenvalue weighted by molar-refractivity contribution is -0.127. The van der Waals surface area contributed by atoms with E-state index in [4.69, 9.17) is 14.2 Å². The van der Waals surface area contributed by atoms with Crippen LogP contribution in [-0.2, 0) is 14.8 Å². The predicted molar refractivity (Wildman–Crippen MR) is 125 cm³/mol. The molecule has 32 heavy (non-hydrogen) atoms. The van der Waals surface area contributed by atoms with Crippen LogP contribution in [0.1, 0.15) is 39.3 Å². The Balaban J connectivity index is 2.02. The van der Waals surface area contributed by atoms with Gasteiger partial charge in [-0.1, -0.05) is 6.07 Å². The van der Waals surface area contributed by atoms with Gasteiger partial charge in [0, 0.05) is 7.05 Å². The van der Waals surface area contributed by atoms with Crippen LogP contribution in [0, 0.1) is 0 Å². The second kappa shape index (κ2) is 11.1. The number of carbonyl (C=O) groups excluding carboxylic acids is 1. The van der Waals surface area contributed by atoms with E-state index >= 15 is 0 Å². The van der Waals surface area contributed by atoms with Crippen molar-refractivity contribution in [2.75, 3.05) is 30.8 Å². The van der Waals surface area contributed by atoms with Crippen LogP contribution in [0.15, 0.2) is 42.5 Å². The molecule has 0 aromatic heterocycles. The van der Waals surface area contributed by atoms with E-state index in [1.165, 1.54) is 11.4 Å². The molecule has 0 fully saturated rings. The molecule has 0 radical (unpaired) electrons. The minimum atomic E-state index is -3.35. The van der Waals surface area contributed by atoms with E-state index in [2.05, 4.69) is 5.32 Å². The average molecular weight is 465 g/mol. The third-order valence-corrected chi connectivity index (χ3v) is 6.01. The molecule has 0 aliphatic rings. The van der Waals surface area contributed by atoms with Crippen LogP contribution in [0.2, 0.25) is 0 Å². The second-order valence-corrected chi connectivity index (χ2v) is 9.30. The van der Waals surface area contributed by atoms with Crippen molar-refractivity contribution in [2.24, 2.45) is 0 Å². The van der Waals surface area contributed by atoms with Crippen molar-refractivity contribution in [3.63, 3.8) is 0 Å². The van der Waals surface area contributed by atoms with Gasteiger partial charge in [0.15, 0.2) is 17.6 Å². The highest BCUT2D eigenvalue weighted by molar-refractivity contribution is 7.92. The number of amides is 1. The maximum atomic E-state index is 12.6.